The van der Waals surface area contributed by atoms with Crippen LogP contribution in [0.3, 0.4) is 0 Å². The van der Waals surface area contributed by atoms with Gasteiger partial charge >= 0.3 is 0 Å². The maximum absolute atomic E-state index is 13.7. The van der Waals surface area contributed by atoms with E-state index in [1.54, 1.807) is 0 Å². The lowest BCUT2D eigenvalue weighted by Gasteiger charge is -2.33. The zero-order valence-electron chi connectivity index (χ0n) is 19.8. The van der Waals surface area contributed by atoms with Gasteiger partial charge in [0.25, 0.3) is 5.56 Å². The minimum absolute atomic E-state index is 0.106. The van der Waals surface area contributed by atoms with Crippen LogP contribution < -0.4 is 10.9 Å². The topological polar surface area (TPSA) is 63.1 Å². The number of aromatic nitrogens is 3. The van der Waals surface area contributed by atoms with Crippen molar-refractivity contribution in [2.45, 2.75) is 75.9 Å². The van der Waals surface area contributed by atoms with Crippen molar-refractivity contribution in [3.05, 3.63) is 64.1 Å². The Hall–Kier alpha value is -2.73. The predicted molar refractivity (Wildman–Crippen MR) is 134 cm³/mol. The fraction of sp³-hybridized carbons (Fsp3) is 0.519. The molecule has 0 aliphatic heterocycles. The number of rotatable bonds is 6. The third-order valence-electron chi connectivity index (χ3n) is 7.53. The van der Waals surface area contributed by atoms with Gasteiger partial charge in [0.2, 0.25) is 5.95 Å². The van der Waals surface area contributed by atoms with E-state index in [0.29, 0.717) is 24.5 Å². The molecule has 2 aromatic heterocycles. The number of nitrogens with zero attached hydrogens (tertiary/aromatic N) is 4. The second-order valence-corrected chi connectivity index (χ2v) is 10.0. The summed E-state index contributed by atoms with van der Waals surface area (Å²) in [7, 11) is 4.33. The molecule has 0 atom stereocenters. The molecule has 174 valence electrons. The summed E-state index contributed by atoms with van der Waals surface area (Å²) in [5.41, 5.74) is 2.86. The summed E-state index contributed by atoms with van der Waals surface area (Å²) in [4.78, 5) is 25.5. The summed E-state index contributed by atoms with van der Waals surface area (Å²) in [6.45, 7) is 0. The molecule has 2 aliphatic carbocycles. The van der Waals surface area contributed by atoms with Gasteiger partial charge in [0, 0.05) is 41.7 Å². The average molecular weight is 446 g/mol. The molecule has 0 radical (unpaired) electrons. The van der Waals surface area contributed by atoms with E-state index in [4.69, 9.17) is 4.98 Å². The van der Waals surface area contributed by atoms with E-state index in [0.717, 1.165) is 47.8 Å². The third-order valence-corrected chi connectivity index (χ3v) is 7.53. The number of pyridine rings is 1. The molecule has 3 aromatic rings. The monoisotopic (exact) mass is 445 g/mol. The highest BCUT2D eigenvalue weighted by Gasteiger charge is 2.25. The summed E-state index contributed by atoms with van der Waals surface area (Å²) in [6, 6.07) is 13.5. The van der Waals surface area contributed by atoms with Crippen molar-refractivity contribution in [2.75, 3.05) is 19.4 Å². The molecule has 2 heterocycles. The van der Waals surface area contributed by atoms with E-state index < -0.39 is 0 Å². The lowest BCUT2D eigenvalue weighted by Crippen LogP contribution is -2.36. The maximum Gasteiger partial charge on any atom is 0.256 e. The van der Waals surface area contributed by atoms with E-state index in [1.165, 1.54) is 25.7 Å². The summed E-state index contributed by atoms with van der Waals surface area (Å²) in [5.74, 6) is 0.651. The zero-order chi connectivity index (χ0) is 22.8. The van der Waals surface area contributed by atoms with Crippen molar-refractivity contribution in [3.8, 4) is 0 Å². The van der Waals surface area contributed by atoms with E-state index in [9.17, 15) is 4.79 Å². The number of hydrogen-bond donors (Lipinski definition) is 1. The Morgan fingerprint density at radius 2 is 1.76 bits per heavy atom. The highest BCUT2D eigenvalue weighted by Crippen LogP contribution is 2.31. The first kappa shape index (κ1) is 22.1. The standard InChI is InChI=1S/C27H35N5O/c1-31(2)23-14-12-22(13-15-23)29-27-28-18-21-17-20(16-19-8-4-3-5-9-19)26(33)32(25(21)30-27)24-10-6-7-11-24/h3-5,8-9,17-18,22-24H,6-7,10-16H2,1-2H3,(H,28,29,30). The van der Waals surface area contributed by atoms with Crippen LogP contribution in [0, 0.1) is 0 Å². The van der Waals surface area contributed by atoms with Crippen molar-refractivity contribution < 1.29 is 0 Å². The minimum Gasteiger partial charge on any atom is -0.351 e. The van der Waals surface area contributed by atoms with Gasteiger partial charge in [-0.05, 0) is 64.3 Å². The third kappa shape index (κ3) is 4.81. The molecular formula is C27H35N5O. The largest absolute Gasteiger partial charge is 0.351 e. The van der Waals surface area contributed by atoms with Gasteiger partial charge in [-0.1, -0.05) is 43.2 Å². The van der Waals surface area contributed by atoms with Crippen LogP contribution in [0.5, 0.6) is 0 Å². The molecule has 0 amide bonds. The molecule has 1 N–H and O–H groups in total. The smallest absolute Gasteiger partial charge is 0.256 e. The predicted octanol–water partition coefficient (Wildman–Crippen LogP) is 4.78. The van der Waals surface area contributed by atoms with Crippen LogP contribution in [-0.4, -0.2) is 45.6 Å². The molecule has 5 rings (SSSR count). The summed E-state index contributed by atoms with van der Waals surface area (Å²) in [6.07, 6.45) is 11.6. The first-order chi connectivity index (χ1) is 16.1. The lowest BCUT2D eigenvalue weighted by molar-refractivity contribution is 0.221. The lowest BCUT2D eigenvalue weighted by atomic mass is 9.91. The van der Waals surface area contributed by atoms with Gasteiger partial charge in [0.15, 0.2) is 0 Å². The van der Waals surface area contributed by atoms with Crippen LogP contribution in [0.2, 0.25) is 0 Å². The minimum atomic E-state index is 0.106. The average Bonchev–Trinajstić information content (AvgIpc) is 3.35. The molecule has 33 heavy (non-hydrogen) atoms. The van der Waals surface area contributed by atoms with Gasteiger partial charge in [0.05, 0.1) is 0 Å². The maximum atomic E-state index is 13.7. The molecule has 0 spiro atoms. The van der Waals surface area contributed by atoms with Gasteiger partial charge in [-0.25, -0.2) is 4.98 Å². The molecule has 2 fully saturated rings. The van der Waals surface area contributed by atoms with E-state index in [-0.39, 0.29) is 11.6 Å². The SMILES string of the molecule is CN(C)C1CCC(Nc2ncc3cc(Cc4ccccc4)c(=O)n(C4CCCC4)c3n2)CC1. The van der Waals surface area contributed by atoms with Crippen molar-refractivity contribution in [1.82, 2.24) is 19.4 Å². The molecule has 0 bridgehead atoms. The van der Waals surface area contributed by atoms with Crippen molar-refractivity contribution in [3.63, 3.8) is 0 Å². The highest BCUT2D eigenvalue weighted by molar-refractivity contribution is 5.76. The summed E-state index contributed by atoms with van der Waals surface area (Å²) in [5, 5.41) is 4.52. The molecule has 6 heteroatoms. The van der Waals surface area contributed by atoms with Crippen LogP contribution in [0.1, 0.15) is 68.5 Å². The second-order valence-electron chi connectivity index (χ2n) is 10.0. The number of hydrogen-bond acceptors (Lipinski definition) is 5. The van der Waals surface area contributed by atoms with Crippen LogP contribution in [0.15, 0.2) is 47.4 Å². The molecule has 1 aromatic carbocycles. The first-order valence-electron chi connectivity index (χ1n) is 12.5. The summed E-state index contributed by atoms with van der Waals surface area (Å²) < 4.78 is 1.98. The normalized spacial score (nSPS) is 21.7. The fourth-order valence-corrected chi connectivity index (χ4v) is 5.61. The van der Waals surface area contributed by atoms with Crippen molar-refractivity contribution >= 4 is 17.0 Å². The zero-order valence-corrected chi connectivity index (χ0v) is 19.8. The van der Waals surface area contributed by atoms with Crippen molar-refractivity contribution in [2.24, 2.45) is 0 Å². The van der Waals surface area contributed by atoms with Crippen molar-refractivity contribution in [1.29, 1.82) is 0 Å². The molecule has 2 aliphatic rings. The van der Waals surface area contributed by atoms with Gasteiger partial charge in [-0.3, -0.25) is 9.36 Å². The highest BCUT2D eigenvalue weighted by atomic mass is 16.1. The Balaban J connectivity index is 1.46. The number of nitrogens with one attached hydrogen (secondary N) is 1. The number of fused-ring (bicyclic) bond motifs is 1. The molecule has 2 saturated carbocycles. The van der Waals surface area contributed by atoms with E-state index in [1.807, 2.05) is 35.0 Å². The fourth-order valence-electron chi connectivity index (χ4n) is 5.61. The first-order valence-corrected chi connectivity index (χ1v) is 12.5. The molecular weight excluding hydrogens is 410 g/mol. The van der Waals surface area contributed by atoms with Gasteiger partial charge in [-0.2, -0.15) is 4.98 Å². The summed E-state index contributed by atoms with van der Waals surface area (Å²) >= 11 is 0. The Morgan fingerprint density at radius 3 is 2.45 bits per heavy atom. The van der Waals surface area contributed by atoms with Crippen LogP contribution in [-0.2, 0) is 6.42 Å². The molecule has 0 saturated heterocycles. The van der Waals surface area contributed by atoms with E-state index in [2.05, 4.69) is 41.4 Å². The van der Waals surface area contributed by atoms with E-state index >= 15 is 0 Å². The van der Waals surface area contributed by atoms with Crippen LogP contribution in [0.25, 0.3) is 11.0 Å². The van der Waals surface area contributed by atoms with Crippen LogP contribution in [0.4, 0.5) is 5.95 Å². The number of anilines is 1. The van der Waals surface area contributed by atoms with Gasteiger partial charge in [0.1, 0.15) is 5.65 Å². The van der Waals surface area contributed by atoms with Gasteiger partial charge in [-0.15, -0.1) is 0 Å². The molecule has 6 nitrogen and oxygen atoms in total. The van der Waals surface area contributed by atoms with Gasteiger partial charge < -0.3 is 10.2 Å². The quantitative estimate of drug-likeness (QED) is 0.591. The number of benzene rings is 1. The Kier molecular flexibility index (Phi) is 6.45. The van der Waals surface area contributed by atoms with Crippen LogP contribution >= 0.6 is 0 Å². The Morgan fingerprint density at radius 1 is 1.03 bits per heavy atom. The second kappa shape index (κ2) is 9.64. The Labute approximate surface area is 196 Å². The Bertz CT molecular complexity index is 1140. The molecule has 0 unspecified atom stereocenters.